The molecule has 0 unspecified atom stereocenters. The van der Waals surface area contributed by atoms with Crippen molar-refractivity contribution in [3.05, 3.63) is 63.7 Å². The van der Waals surface area contributed by atoms with Crippen molar-refractivity contribution in [1.29, 1.82) is 0 Å². The van der Waals surface area contributed by atoms with Crippen molar-refractivity contribution in [2.75, 3.05) is 23.3 Å². The molecule has 158 valence electrons. The zero-order chi connectivity index (χ0) is 21.7. The molecule has 1 aliphatic rings. The van der Waals surface area contributed by atoms with E-state index in [0.717, 1.165) is 37.9 Å². The summed E-state index contributed by atoms with van der Waals surface area (Å²) in [5.41, 5.74) is 1.99. The van der Waals surface area contributed by atoms with Gasteiger partial charge in [-0.2, -0.15) is 0 Å². The number of carbonyl (C=O) groups excluding carboxylic acids is 2. The van der Waals surface area contributed by atoms with Crippen LogP contribution in [0.25, 0.3) is 0 Å². The van der Waals surface area contributed by atoms with Gasteiger partial charge in [0.2, 0.25) is 0 Å². The third-order valence-electron chi connectivity index (χ3n) is 5.04. The number of anilines is 2. The molecule has 8 heteroatoms. The molecule has 0 saturated carbocycles. The number of ether oxygens (including phenoxy) is 1. The molecule has 0 bridgehead atoms. The molecule has 0 aromatic heterocycles. The van der Waals surface area contributed by atoms with Crippen LogP contribution >= 0.6 is 0 Å². The summed E-state index contributed by atoms with van der Waals surface area (Å²) in [7, 11) is 0. The molecule has 3 rings (SSSR count). The SMILES string of the molecule is Cc1cccc(NC(=O)[C@H](C)OC(=O)c2ccc(N3CCCCC3)c([N+](=O)[O-])c2)c1. The second-order valence-corrected chi connectivity index (χ2v) is 7.41. The van der Waals surface area contributed by atoms with E-state index >= 15 is 0 Å². The Kier molecular flexibility index (Phi) is 6.66. The highest BCUT2D eigenvalue weighted by Crippen LogP contribution is 2.31. The van der Waals surface area contributed by atoms with E-state index in [4.69, 9.17) is 4.74 Å². The number of hydrogen-bond acceptors (Lipinski definition) is 6. The fourth-order valence-corrected chi connectivity index (χ4v) is 3.45. The Bertz CT molecular complexity index is 954. The van der Waals surface area contributed by atoms with Gasteiger partial charge < -0.3 is 15.0 Å². The minimum atomic E-state index is -1.06. The quantitative estimate of drug-likeness (QED) is 0.437. The molecule has 30 heavy (non-hydrogen) atoms. The first-order valence-electron chi connectivity index (χ1n) is 9.97. The van der Waals surface area contributed by atoms with Gasteiger partial charge in [-0.3, -0.25) is 14.9 Å². The molecule has 0 spiro atoms. The van der Waals surface area contributed by atoms with Crippen LogP contribution in [-0.4, -0.2) is 36.0 Å². The maximum Gasteiger partial charge on any atom is 0.339 e. The summed E-state index contributed by atoms with van der Waals surface area (Å²) in [6.45, 7) is 4.86. The highest BCUT2D eigenvalue weighted by Gasteiger charge is 2.25. The van der Waals surface area contributed by atoms with Crippen LogP contribution in [-0.2, 0) is 9.53 Å². The normalized spacial score (nSPS) is 14.7. The van der Waals surface area contributed by atoms with Crippen LogP contribution in [0.1, 0.15) is 42.1 Å². The largest absolute Gasteiger partial charge is 0.449 e. The Balaban J connectivity index is 1.70. The van der Waals surface area contributed by atoms with Crippen LogP contribution in [0.3, 0.4) is 0 Å². The maximum atomic E-state index is 12.5. The molecular weight excluding hydrogens is 386 g/mol. The van der Waals surface area contributed by atoms with Gasteiger partial charge in [0.05, 0.1) is 10.5 Å². The molecule has 0 radical (unpaired) electrons. The highest BCUT2D eigenvalue weighted by molar-refractivity contribution is 5.98. The Morgan fingerprint density at radius 3 is 2.53 bits per heavy atom. The monoisotopic (exact) mass is 411 g/mol. The van der Waals surface area contributed by atoms with E-state index in [9.17, 15) is 19.7 Å². The fourth-order valence-electron chi connectivity index (χ4n) is 3.45. The summed E-state index contributed by atoms with van der Waals surface area (Å²) >= 11 is 0. The van der Waals surface area contributed by atoms with Crippen molar-refractivity contribution in [3.63, 3.8) is 0 Å². The van der Waals surface area contributed by atoms with E-state index < -0.39 is 22.9 Å². The van der Waals surface area contributed by atoms with Crippen molar-refractivity contribution in [3.8, 4) is 0 Å². The first kappa shape index (κ1) is 21.3. The van der Waals surface area contributed by atoms with Gasteiger partial charge in [0.25, 0.3) is 11.6 Å². The summed E-state index contributed by atoms with van der Waals surface area (Å²) in [4.78, 5) is 37.9. The molecule has 1 amide bonds. The number of nitro benzene ring substituents is 1. The Morgan fingerprint density at radius 2 is 1.87 bits per heavy atom. The number of rotatable bonds is 6. The molecule has 1 aliphatic heterocycles. The lowest BCUT2D eigenvalue weighted by molar-refractivity contribution is -0.384. The second-order valence-electron chi connectivity index (χ2n) is 7.41. The molecule has 2 aromatic carbocycles. The van der Waals surface area contributed by atoms with Crippen molar-refractivity contribution >= 4 is 28.9 Å². The molecule has 1 saturated heterocycles. The summed E-state index contributed by atoms with van der Waals surface area (Å²) < 4.78 is 5.23. The van der Waals surface area contributed by atoms with Crippen molar-refractivity contribution in [2.45, 2.75) is 39.2 Å². The predicted molar refractivity (Wildman–Crippen MR) is 114 cm³/mol. The zero-order valence-electron chi connectivity index (χ0n) is 17.1. The van der Waals surface area contributed by atoms with Crippen LogP contribution in [0.4, 0.5) is 17.1 Å². The van der Waals surface area contributed by atoms with E-state index in [1.54, 1.807) is 18.2 Å². The molecule has 1 N–H and O–H groups in total. The van der Waals surface area contributed by atoms with Gasteiger partial charge in [-0.15, -0.1) is 0 Å². The van der Waals surface area contributed by atoms with Gasteiger partial charge in [0.15, 0.2) is 6.10 Å². The van der Waals surface area contributed by atoms with E-state index in [0.29, 0.717) is 11.4 Å². The fraction of sp³-hybridized carbons (Fsp3) is 0.364. The number of benzene rings is 2. The minimum Gasteiger partial charge on any atom is -0.449 e. The summed E-state index contributed by atoms with van der Waals surface area (Å²) in [6.07, 6.45) is 2.01. The number of hydrogen-bond donors (Lipinski definition) is 1. The minimum absolute atomic E-state index is 0.0395. The lowest BCUT2D eigenvalue weighted by Crippen LogP contribution is -2.31. The number of esters is 1. The second kappa shape index (κ2) is 9.39. The van der Waals surface area contributed by atoms with E-state index in [2.05, 4.69) is 5.32 Å². The van der Waals surface area contributed by atoms with Crippen LogP contribution in [0.15, 0.2) is 42.5 Å². The molecular formula is C22H25N3O5. The molecule has 8 nitrogen and oxygen atoms in total. The Labute approximate surface area is 175 Å². The average Bonchev–Trinajstić information content (AvgIpc) is 2.73. The topological polar surface area (TPSA) is 102 Å². The van der Waals surface area contributed by atoms with Crippen LogP contribution in [0.2, 0.25) is 0 Å². The number of piperidine rings is 1. The van der Waals surface area contributed by atoms with E-state index in [1.807, 2.05) is 24.0 Å². The number of aryl methyl sites for hydroxylation is 1. The predicted octanol–water partition coefficient (Wildman–Crippen LogP) is 4.08. The van der Waals surface area contributed by atoms with Crippen LogP contribution < -0.4 is 10.2 Å². The van der Waals surface area contributed by atoms with Gasteiger partial charge in [-0.1, -0.05) is 12.1 Å². The van der Waals surface area contributed by atoms with Gasteiger partial charge in [-0.25, -0.2) is 4.79 Å². The number of nitro groups is 1. The molecule has 1 heterocycles. The summed E-state index contributed by atoms with van der Waals surface area (Å²) in [5.74, 6) is -1.26. The molecule has 2 aromatic rings. The number of carbonyl (C=O) groups is 2. The highest BCUT2D eigenvalue weighted by atomic mass is 16.6. The van der Waals surface area contributed by atoms with E-state index in [1.165, 1.54) is 19.1 Å². The zero-order valence-corrected chi connectivity index (χ0v) is 17.1. The Hall–Kier alpha value is -3.42. The Morgan fingerprint density at radius 1 is 1.13 bits per heavy atom. The third kappa shape index (κ3) is 5.14. The number of nitrogens with one attached hydrogen (secondary N) is 1. The summed E-state index contributed by atoms with van der Waals surface area (Å²) in [5, 5.41) is 14.3. The summed E-state index contributed by atoms with van der Waals surface area (Å²) in [6, 6.07) is 11.6. The molecule has 1 atom stereocenters. The molecule has 0 aliphatic carbocycles. The van der Waals surface area contributed by atoms with Gasteiger partial charge in [0.1, 0.15) is 5.69 Å². The van der Waals surface area contributed by atoms with Crippen molar-refractivity contribution < 1.29 is 19.2 Å². The van der Waals surface area contributed by atoms with E-state index in [-0.39, 0.29) is 11.3 Å². The lowest BCUT2D eigenvalue weighted by Gasteiger charge is -2.28. The van der Waals surface area contributed by atoms with Gasteiger partial charge in [0, 0.05) is 24.8 Å². The number of nitrogens with zero attached hydrogens (tertiary/aromatic N) is 2. The first-order valence-corrected chi connectivity index (χ1v) is 9.97. The van der Waals surface area contributed by atoms with Gasteiger partial charge >= 0.3 is 5.97 Å². The number of amides is 1. The lowest BCUT2D eigenvalue weighted by atomic mass is 10.1. The smallest absolute Gasteiger partial charge is 0.339 e. The third-order valence-corrected chi connectivity index (χ3v) is 5.04. The van der Waals surface area contributed by atoms with Gasteiger partial charge in [-0.05, 0) is 62.9 Å². The maximum absolute atomic E-state index is 12.5. The van der Waals surface area contributed by atoms with Crippen molar-refractivity contribution in [2.24, 2.45) is 0 Å². The van der Waals surface area contributed by atoms with Crippen molar-refractivity contribution in [1.82, 2.24) is 0 Å². The van der Waals surface area contributed by atoms with Crippen LogP contribution in [0, 0.1) is 17.0 Å². The first-order chi connectivity index (χ1) is 14.3. The van der Waals surface area contributed by atoms with Crippen LogP contribution in [0.5, 0.6) is 0 Å². The standard InChI is InChI=1S/C22H25N3O5/c1-15-7-6-8-18(13-15)23-21(26)16(2)30-22(27)17-9-10-19(20(14-17)25(28)29)24-11-4-3-5-12-24/h6-10,13-14,16H,3-5,11-12H2,1-2H3,(H,23,26)/t16-/m0/s1. The molecule has 1 fully saturated rings. The average molecular weight is 411 g/mol.